The quantitative estimate of drug-likeness (QED) is 0.275. The molecule has 27 heavy (non-hydrogen) atoms. The fourth-order valence-electron chi connectivity index (χ4n) is 2.62. The van der Waals surface area contributed by atoms with Gasteiger partial charge in [-0.15, -0.1) is 0 Å². The van der Waals surface area contributed by atoms with Crippen LogP contribution < -0.4 is 9.47 Å². The van der Waals surface area contributed by atoms with E-state index in [2.05, 4.69) is 25.8 Å². The number of carbonyl (C=O) groups excluding carboxylic acids is 1. The van der Waals surface area contributed by atoms with Gasteiger partial charge in [-0.25, -0.2) is 0 Å². The van der Waals surface area contributed by atoms with Crippen LogP contribution in [0.1, 0.15) is 59.3 Å². The third-order valence-corrected chi connectivity index (χ3v) is 4.67. The van der Waals surface area contributed by atoms with Crippen LogP contribution >= 0.6 is 0 Å². The minimum Gasteiger partial charge on any atom is -0.492 e. The van der Waals surface area contributed by atoms with Gasteiger partial charge in [-0.05, 0) is 55.2 Å². The predicted octanol–water partition coefficient (Wildman–Crippen LogP) is 6.05. The van der Waals surface area contributed by atoms with Crippen molar-refractivity contribution in [3.8, 4) is 22.8 Å². The smallest absolute Gasteiger partial charge is 0.311 e. The monoisotopic (exact) mass is 369 g/mol. The third-order valence-electron chi connectivity index (χ3n) is 4.67. The number of carbonyl (C=O) groups is 1. The van der Waals surface area contributed by atoms with Crippen molar-refractivity contribution in [2.45, 2.75) is 59.3 Å². The minimum atomic E-state index is -0.175. The zero-order chi connectivity index (χ0) is 19.5. The molecule has 0 saturated heterocycles. The maximum Gasteiger partial charge on any atom is 0.311 e. The first kappa shape index (κ1) is 20.9. The highest BCUT2D eigenvalue weighted by molar-refractivity contribution is 5.72. The van der Waals surface area contributed by atoms with Gasteiger partial charge in [0.25, 0.3) is 0 Å². The van der Waals surface area contributed by atoms with E-state index in [1.807, 2.05) is 36.4 Å². The zero-order valence-corrected chi connectivity index (χ0v) is 16.7. The lowest BCUT2D eigenvalue weighted by Crippen LogP contribution is -2.09. The normalized spacial score (nSPS) is 11.8. The Balaban J connectivity index is 1.86. The van der Waals surface area contributed by atoms with Gasteiger partial charge in [-0.3, -0.25) is 9.78 Å². The Labute approximate surface area is 162 Å². The first-order valence-corrected chi connectivity index (χ1v) is 10.0. The molecule has 1 aromatic carbocycles. The fraction of sp³-hybridized carbons (Fsp3) is 0.478. The second-order valence-electron chi connectivity index (χ2n) is 6.99. The Bertz CT molecular complexity index is 680. The van der Waals surface area contributed by atoms with E-state index < -0.39 is 0 Å². The molecule has 1 unspecified atom stereocenters. The summed E-state index contributed by atoms with van der Waals surface area (Å²) in [6.45, 7) is 7.19. The Kier molecular flexibility index (Phi) is 8.82. The summed E-state index contributed by atoms with van der Waals surface area (Å²) in [5.41, 5.74) is 1.84. The lowest BCUT2D eigenvalue weighted by molar-refractivity contribution is -0.134. The largest absolute Gasteiger partial charge is 0.492 e. The number of esters is 1. The molecular weight excluding hydrogens is 338 g/mol. The molecule has 0 aliphatic carbocycles. The summed E-state index contributed by atoms with van der Waals surface area (Å²) >= 11 is 0. The van der Waals surface area contributed by atoms with Crippen LogP contribution in [0, 0.1) is 5.92 Å². The summed E-state index contributed by atoms with van der Waals surface area (Å²) in [5.74, 6) is 1.74. The summed E-state index contributed by atoms with van der Waals surface area (Å²) in [7, 11) is 0. The Morgan fingerprint density at radius 2 is 1.78 bits per heavy atom. The molecule has 146 valence electrons. The lowest BCUT2D eigenvalue weighted by Gasteiger charge is -2.09. The number of rotatable bonds is 11. The fourth-order valence-corrected chi connectivity index (χ4v) is 2.62. The molecule has 0 spiro atoms. The molecule has 0 saturated carbocycles. The number of hydrogen-bond acceptors (Lipinski definition) is 4. The summed E-state index contributed by atoms with van der Waals surface area (Å²) < 4.78 is 11.1. The van der Waals surface area contributed by atoms with Crippen molar-refractivity contribution < 1.29 is 14.3 Å². The average molecular weight is 370 g/mol. The Morgan fingerprint density at radius 1 is 1.04 bits per heavy atom. The van der Waals surface area contributed by atoms with Crippen LogP contribution in [0.25, 0.3) is 11.3 Å². The molecule has 2 rings (SSSR count). The number of pyridine rings is 1. The average Bonchev–Trinajstić information content (AvgIpc) is 2.70. The number of aromatic nitrogens is 1. The van der Waals surface area contributed by atoms with Crippen molar-refractivity contribution in [2.24, 2.45) is 5.92 Å². The van der Waals surface area contributed by atoms with Crippen molar-refractivity contribution in [3.63, 3.8) is 0 Å². The van der Waals surface area contributed by atoms with Gasteiger partial charge in [0.2, 0.25) is 0 Å². The second-order valence-corrected chi connectivity index (χ2v) is 6.99. The molecule has 0 amide bonds. The molecule has 4 nitrogen and oxygen atoms in total. The molecular formula is C23H31NO3. The van der Waals surface area contributed by atoms with Gasteiger partial charge in [-0.1, -0.05) is 40.0 Å². The molecule has 4 heteroatoms. The van der Waals surface area contributed by atoms with Gasteiger partial charge < -0.3 is 9.47 Å². The summed E-state index contributed by atoms with van der Waals surface area (Å²) in [6, 6.07) is 11.4. The molecule has 1 aromatic heterocycles. The molecule has 0 bridgehead atoms. The van der Waals surface area contributed by atoms with Gasteiger partial charge >= 0.3 is 5.97 Å². The van der Waals surface area contributed by atoms with E-state index in [4.69, 9.17) is 9.47 Å². The maximum atomic E-state index is 11.9. The van der Waals surface area contributed by atoms with Crippen LogP contribution in [-0.4, -0.2) is 17.6 Å². The lowest BCUT2D eigenvalue weighted by atomic mass is 10.0. The number of benzene rings is 1. The minimum absolute atomic E-state index is 0.175. The third kappa shape index (κ3) is 7.41. The van der Waals surface area contributed by atoms with Crippen LogP contribution in [0.4, 0.5) is 0 Å². The highest BCUT2D eigenvalue weighted by atomic mass is 16.5. The van der Waals surface area contributed by atoms with Gasteiger partial charge in [0, 0.05) is 12.0 Å². The van der Waals surface area contributed by atoms with Gasteiger partial charge in [0.1, 0.15) is 11.5 Å². The first-order valence-electron chi connectivity index (χ1n) is 10.0. The first-order chi connectivity index (χ1) is 13.1. The number of nitrogens with zero attached hydrogens (tertiary/aromatic N) is 1. The number of ether oxygens (including phenoxy) is 2. The van der Waals surface area contributed by atoms with Crippen LogP contribution in [0.15, 0.2) is 42.6 Å². The van der Waals surface area contributed by atoms with E-state index in [-0.39, 0.29) is 5.97 Å². The summed E-state index contributed by atoms with van der Waals surface area (Å²) in [6.07, 6.45) is 7.59. The van der Waals surface area contributed by atoms with Gasteiger partial charge in [0.05, 0.1) is 18.5 Å². The maximum absolute atomic E-state index is 11.9. The molecule has 0 N–H and O–H groups in total. The van der Waals surface area contributed by atoms with E-state index in [9.17, 15) is 4.79 Å². The van der Waals surface area contributed by atoms with Crippen LogP contribution in [0.3, 0.4) is 0 Å². The summed E-state index contributed by atoms with van der Waals surface area (Å²) in [4.78, 5) is 16.4. The van der Waals surface area contributed by atoms with Crippen molar-refractivity contribution >= 4 is 5.97 Å². The Hall–Kier alpha value is -2.36. The summed E-state index contributed by atoms with van der Waals surface area (Å²) in [5, 5.41) is 0. The number of unbranched alkanes of at least 4 members (excludes halogenated alkanes) is 2. The molecule has 2 aromatic rings. The molecule has 1 heterocycles. The molecule has 0 fully saturated rings. The predicted molar refractivity (Wildman–Crippen MR) is 109 cm³/mol. The van der Waals surface area contributed by atoms with Gasteiger partial charge in [-0.2, -0.15) is 0 Å². The highest BCUT2D eigenvalue weighted by Crippen LogP contribution is 2.23. The van der Waals surface area contributed by atoms with Crippen LogP contribution in [-0.2, 0) is 4.79 Å². The molecule has 0 aliphatic heterocycles. The van der Waals surface area contributed by atoms with Crippen LogP contribution in [0.5, 0.6) is 11.5 Å². The zero-order valence-electron chi connectivity index (χ0n) is 16.7. The standard InChI is InChI=1S/C23H31NO3/c1-4-6-7-16-26-21-13-14-22(24-17-21)19-9-11-20(12-10-19)27-23(25)15-8-18(3)5-2/h9-14,17-18H,4-8,15-16H2,1-3H3. The highest BCUT2D eigenvalue weighted by Gasteiger charge is 2.08. The number of hydrogen-bond donors (Lipinski definition) is 0. The van der Waals surface area contributed by atoms with Crippen molar-refractivity contribution in [1.29, 1.82) is 0 Å². The van der Waals surface area contributed by atoms with E-state index in [0.29, 0.717) is 18.1 Å². The van der Waals surface area contributed by atoms with E-state index in [0.717, 1.165) is 42.9 Å². The van der Waals surface area contributed by atoms with E-state index in [1.165, 1.54) is 12.8 Å². The van der Waals surface area contributed by atoms with Gasteiger partial charge in [0.15, 0.2) is 0 Å². The second kappa shape index (κ2) is 11.4. The molecule has 0 radical (unpaired) electrons. The van der Waals surface area contributed by atoms with E-state index >= 15 is 0 Å². The SMILES string of the molecule is CCCCCOc1ccc(-c2ccc(OC(=O)CCC(C)CC)cc2)nc1. The van der Waals surface area contributed by atoms with Crippen molar-refractivity contribution in [1.82, 2.24) is 4.98 Å². The Morgan fingerprint density at radius 3 is 2.41 bits per heavy atom. The van der Waals surface area contributed by atoms with Crippen molar-refractivity contribution in [3.05, 3.63) is 42.6 Å². The molecule has 1 atom stereocenters. The van der Waals surface area contributed by atoms with Crippen LogP contribution in [0.2, 0.25) is 0 Å². The topological polar surface area (TPSA) is 48.4 Å². The van der Waals surface area contributed by atoms with E-state index in [1.54, 1.807) is 6.20 Å². The van der Waals surface area contributed by atoms with Crippen molar-refractivity contribution in [2.75, 3.05) is 6.61 Å². The molecule has 0 aliphatic rings.